The van der Waals surface area contributed by atoms with E-state index in [4.69, 9.17) is 10.00 Å². The highest BCUT2D eigenvalue weighted by Gasteiger charge is 2.12. The van der Waals surface area contributed by atoms with Crippen molar-refractivity contribution >= 4 is 11.0 Å². The average Bonchev–Trinajstić information content (AvgIpc) is 2.90. The monoisotopic (exact) mass is 321 g/mol. The highest BCUT2D eigenvalue weighted by molar-refractivity contribution is 5.75. The molecule has 1 aromatic heterocycles. The molecule has 0 saturated carbocycles. The normalized spacial score (nSPS) is 12.0. The molecule has 0 radical (unpaired) electrons. The van der Waals surface area contributed by atoms with Crippen molar-refractivity contribution in [3.63, 3.8) is 0 Å². The van der Waals surface area contributed by atoms with Gasteiger partial charge >= 0.3 is 0 Å². The molecule has 1 heterocycles. The summed E-state index contributed by atoms with van der Waals surface area (Å²) in [5.74, 6) is 1.55. The van der Waals surface area contributed by atoms with Gasteiger partial charge in [0.2, 0.25) is 0 Å². The van der Waals surface area contributed by atoms with Gasteiger partial charge in [-0.3, -0.25) is 0 Å². The maximum atomic E-state index is 10.3. The standard InChI is InChI=1S/C19H19N3O2/c1-14-21-18-4-2-3-5-19(18)22(14)12-16(23)13-24-17-8-6-15(7-9-17)10-11-20/h2-9,16,23H,10,12-13H2,1H3/t16-/m1/s1. The lowest BCUT2D eigenvalue weighted by Gasteiger charge is -2.15. The minimum absolute atomic E-state index is 0.198. The zero-order valence-electron chi connectivity index (χ0n) is 13.5. The van der Waals surface area contributed by atoms with Crippen molar-refractivity contribution in [3.8, 4) is 11.8 Å². The van der Waals surface area contributed by atoms with Crippen LogP contribution in [0.4, 0.5) is 0 Å². The number of aryl methyl sites for hydroxylation is 1. The van der Waals surface area contributed by atoms with Crippen molar-refractivity contribution in [1.82, 2.24) is 9.55 Å². The zero-order valence-corrected chi connectivity index (χ0v) is 13.5. The summed E-state index contributed by atoms with van der Waals surface area (Å²) in [7, 11) is 0. The van der Waals surface area contributed by atoms with Crippen LogP contribution < -0.4 is 4.74 Å². The number of hydrogen-bond acceptors (Lipinski definition) is 4. The minimum Gasteiger partial charge on any atom is -0.491 e. The molecule has 0 bridgehead atoms. The molecule has 0 saturated heterocycles. The number of ether oxygens (including phenoxy) is 1. The first-order chi connectivity index (χ1) is 11.7. The largest absolute Gasteiger partial charge is 0.491 e. The van der Waals surface area contributed by atoms with Gasteiger partial charge in [0.15, 0.2) is 0 Å². The van der Waals surface area contributed by atoms with Crippen LogP contribution >= 0.6 is 0 Å². The van der Waals surface area contributed by atoms with Crippen LogP contribution in [0.3, 0.4) is 0 Å². The fraction of sp³-hybridized carbons (Fsp3) is 0.263. The van der Waals surface area contributed by atoms with Gasteiger partial charge in [-0.15, -0.1) is 0 Å². The van der Waals surface area contributed by atoms with Crippen LogP contribution in [0.25, 0.3) is 11.0 Å². The van der Waals surface area contributed by atoms with E-state index < -0.39 is 6.10 Å². The zero-order chi connectivity index (χ0) is 16.9. The molecule has 0 spiro atoms. The van der Waals surface area contributed by atoms with Gasteiger partial charge in [-0.05, 0) is 36.8 Å². The summed E-state index contributed by atoms with van der Waals surface area (Å²) in [4.78, 5) is 4.50. The number of fused-ring (bicyclic) bond motifs is 1. The topological polar surface area (TPSA) is 71.1 Å². The highest BCUT2D eigenvalue weighted by Crippen LogP contribution is 2.17. The van der Waals surface area contributed by atoms with Crippen LogP contribution in [-0.4, -0.2) is 27.4 Å². The fourth-order valence-corrected chi connectivity index (χ4v) is 2.68. The molecule has 1 atom stereocenters. The second kappa shape index (κ2) is 7.16. The number of rotatable bonds is 6. The SMILES string of the molecule is Cc1nc2ccccc2n1C[C@@H](O)COc1ccc(CC#N)cc1. The smallest absolute Gasteiger partial charge is 0.119 e. The number of nitrogens with zero attached hydrogens (tertiary/aromatic N) is 3. The average molecular weight is 321 g/mol. The van der Waals surface area contributed by atoms with Crippen molar-refractivity contribution < 1.29 is 9.84 Å². The predicted octanol–water partition coefficient (Wildman–Crippen LogP) is 2.85. The maximum Gasteiger partial charge on any atom is 0.119 e. The Morgan fingerprint density at radius 3 is 2.71 bits per heavy atom. The van der Waals surface area contributed by atoms with E-state index in [1.54, 1.807) is 0 Å². The molecule has 0 aliphatic heterocycles. The molecular weight excluding hydrogens is 302 g/mol. The van der Waals surface area contributed by atoms with Crippen LogP contribution in [0.5, 0.6) is 5.75 Å². The van der Waals surface area contributed by atoms with E-state index in [0.717, 1.165) is 22.4 Å². The van der Waals surface area contributed by atoms with Gasteiger partial charge < -0.3 is 14.4 Å². The number of hydrogen-bond donors (Lipinski definition) is 1. The summed E-state index contributed by atoms with van der Waals surface area (Å²) in [6.07, 6.45) is -0.254. The van der Waals surface area contributed by atoms with Crippen molar-refractivity contribution in [2.45, 2.75) is 26.0 Å². The molecule has 122 valence electrons. The second-order valence-corrected chi connectivity index (χ2v) is 5.70. The molecule has 24 heavy (non-hydrogen) atoms. The van der Waals surface area contributed by atoms with E-state index in [0.29, 0.717) is 18.7 Å². The first-order valence-electron chi connectivity index (χ1n) is 7.86. The number of aromatic nitrogens is 2. The number of aliphatic hydroxyl groups excluding tert-OH is 1. The summed E-state index contributed by atoms with van der Waals surface area (Å²) >= 11 is 0. The maximum absolute atomic E-state index is 10.3. The van der Waals surface area contributed by atoms with Gasteiger partial charge in [0.25, 0.3) is 0 Å². The summed E-state index contributed by atoms with van der Waals surface area (Å²) < 4.78 is 7.63. The number of benzene rings is 2. The molecule has 1 N–H and O–H groups in total. The molecule has 0 amide bonds. The van der Waals surface area contributed by atoms with Gasteiger partial charge in [0, 0.05) is 0 Å². The Bertz CT molecular complexity index is 862. The number of nitriles is 1. The van der Waals surface area contributed by atoms with Crippen LogP contribution in [0.1, 0.15) is 11.4 Å². The lowest BCUT2D eigenvalue weighted by atomic mass is 10.2. The van der Waals surface area contributed by atoms with Crippen molar-refractivity contribution in [2.75, 3.05) is 6.61 Å². The first kappa shape index (κ1) is 16.0. The summed E-state index contributed by atoms with van der Waals surface area (Å²) in [6.45, 7) is 2.56. The summed E-state index contributed by atoms with van der Waals surface area (Å²) in [5, 5.41) is 19.0. The quantitative estimate of drug-likeness (QED) is 0.758. The van der Waals surface area contributed by atoms with Gasteiger partial charge in [0.05, 0.1) is 30.1 Å². The molecule has 5 nitrogen and oxygen atoms in total. The Morgan fingerprint density at radius 1 is 1.21 bits per heavy atom. The van der Waals surface area contributed by atoms with Crippen molar-refractivity contribution in [2.24, 2.45) is 0 Å². The first-order valence-corrected chi connectivity index (χ1v) is 7.86. The van der Waals surface area contributed by atoms with Crippen LogP contribution in [-0.2, 0) is 13.0 Å². The highest BCUT2D eigenvalue weighted by atomic mass is 16.5. The van der Waals surface area contributed by atoms with E-state index in [1.165, 1.54) is 0 Å². The van der Waals surface area contributed by atoms with Crippen LogP contribution in [0.15, 0.2) is 48.5 Å². The van der Waals surface area contributed by atoms with Crippen LogP contribution in [0, 0.1) is 18.3 Å². The number of para-hydroxylation sites is 2. The van der Waals surface area contributed by atoms with Crippen molar-refractivity contribution in [3.05, 3.63) is 59.9 Å². The molecule has 0 unspecified atom stereocenters. The Kier molecular flexibility index (Phi) is 4.78. The third-order valence-electron chi connectivity index (χ3n) is 3.89. The molecule has 3 rings (SSSR count). The number of aliphatic hydroxyl groups is 1. The van der Waals surface area contributed by atoms with E-state index >= 15 is 0 Å². The van der Waals surface area contributed by atoms with Gasteiger partial charge in [-0.25, -0.2) is 4.98 Å². The fourth-order valence-electron chi connectivity index (χ4n) is 2.68. The van der Waals surface area contributed by atoms with Gasteiger partial charge in [-0.1, -0.05) is 24.3 Å². The Morgan fingerprint density at radius 2 is 1.96 bits per heavy atom. The lowest BCUT2D eigenvalue weighted by Crippen LogP contribution is -2.24. The van der Waals surface area contributed by atoms with E-state index in [1.807, 2.05) is 60.0 Å². The molecule has 3 aromatic rings. The third-order valence-corrected chi connectivity index (χ3v) is 3.89. The molecule has 0 fully saturated rings. The number of imidazole rings is 1. The summed E-state index contributed by atoms with van der Waals surface area (Å²) in [5.41, 5.74) is 2.89. The molecule has 5 heteroatoms. The van der Waals surface area contributed by atoms with Gasteiger partial charge in [-0.2, -0.15) is 5.26 Å². The lowest BCUT2D eigenvalue weighted by molar-refractivity contribution is 0.0929. The Hall–Kier alpha value is -2.84. The van der Waals surface area contributed by atoms with Gasteiger partial charge in [0.1, 0.15) is 24.3 Å². The Balaban J connectivity index is 1.62. The van der Waals surface area contributed by atoms with E-state index in [2.05, 4.69) is 11.1 Å². The molecule has 0 aliphatic rings. The van der Waals surface area contributed by atoms with Crippen molar-refractivity contribution in [1.29, 1.82) is 5.26 Å². The Labute approximate surface area is 140 Å². The molecule has 2 aromatic carbocycles. The molecular formula is C19H19N3O2. The summed E-state index contributed by atoms with van der Waals surface area (Å²) in [6, 6.07) is 17.3. The minimum atomic E-state index is -0.639. The van der Waals surface area contributed by atoms with E-state index in [-0.39, 0.29) is 6.61 Å². The van der Waals surface area contributed by atoms with Crippen LogP contribution in [0.2, 0.25) is 0 Å². The second-order valence-electron chi connectivity index (χ2n) is 5.70. The predicted molar refractivity (Wildman–Crippen MR) is 91.7 cm³/mol. The van der Waals surface area contributed by atoms with E-state index in [9.17, 15) is 5.11 Å². The third kappa shape index (κ3) is 3.55. The molecule has 0 aliphatic carbocycles.